The number of carbonyl (C=O) groups is 3. The maximum absolute atomic E-state index is 13.6. The van der Waals surface area contributed by atoms with Crippen molar-refractivity contribution in [3.05, 3.63) is 94.0 Å². The highest BCUT2D eigenvalue weighted by molar-refractivity contribution is 6.05. The molecule has 206 valence electrons. The van der Waals surface area contributed by atoms with E-state index >= 15 is 0 Å². The Morgan fingerprint density at radius 1 is 0.780 bits per heavy atom. The van der Waals surface area contributed by atoms with Gasteiger partial charge in [0, 0.05) is 38.3 Å². The number of aryl methyl sites for hydroxylation is 2. The molecule has 3 aromatic rings. The summed E-state index contributed by atoms with van der Waals surface area (Å²) in [6.07, 6.45) is 0. The molecule has 2 aliphatic rings. The maximum Gasteiger partial charge on any atom is 0.254 e. The zero-order valence-electron chi connectivity index (χ0n) is 23.1. The predicted octanol–water partition coefficient (Wildman–Crippen LogP) is 3.38. The highest BCUT2D eigenvalue weighted by Crippen LogP contribution is 2.26. The number of anilines is 2. The van der Waals surface area contributed by atoms with Crippen LogP contribution in [0, 0.1) is 36.5 Å². The number of rotatable bonds is 5. The average Bonchev–Trinajstić information content (AvgIpc) is 2.99. The Morgan fingerprint density at radius 2 is 1.39 bits per heavy atom. The monoisotopic (exact) mass is 546 g/mol. The third-order valence-corrected chi connectivity index (χ3v) is 7.80. The Hall–Kier alpha value is -5.15. The predicted molar refractivity (Wildman–Crippen MR) is 154 cm³/mol. The molecule has 5 rings (SSSR count). The Labute approximate surface area is 239 Å². The van der Waals surface area contributed by atoms with E-state index in [9.17, 15) is 24.9 Å². The Kier molecular flexibility index (Phi) is 7.71. The Bertz CT molecular complexity index is 1610. The number of nitrogens with zero attached hydrogens (tertiary/aromatic N) is 6. The molecule has 9 heteroatoms. The molecule has 0 N–H and O–H groups in total. The largest absolute Gasteiger partial charge is 0.367 e. The van der Waals surface area contributed by atoms with Gasteiger partial charge in [0.2, 0.25) is 11.8 Å². The lowest BCUT2D eigenvalue weighted by molar-refractivity contribution is -0.138. The van der Waals surface area contributed by atoms with Crippen molar-refractivity contribution in [1.82, 2.24) is 9.80 Å². The number of benzene rings is 3. The molecule has 0 bridgehead atoms. The topological polar surface area (TPSA) is 112 Å². The van der Waals surface area contributed by atoms with Crippen molar-refractivity contribution in [1.29, 1.82) is 10.5 Å². The van der Waals surface area contributed by atoms with E-state index in [2.05, 4.69) is 17.0 Å². The van der Waals surface area contributed by atoms with Crippen LogP contribution < -0.4 is 9.80 Å². The quantitative estimate of drug-likeness (QED) is 0.485. The highest BCUT2D eigenvalue weighted by Gasteiger charge is 2.32. The summed E-state index contributed by atoms with van der Waals surface area (Å²) in [4.78, 5) is 46.6. The minimum atomic E-state index is -0.260. The number of para-hydroxylation sites is 2. The van der Waals surface area contributed by atoms with Crippen molar-refractivity contribution in [3.8, 4) is 12.1 Å². The summed E-state index contributed by atoms with van der Waals surface area (Å²) in [6.45, 7) is 6.10. The fourth-order valence-electron chi connectivity index (χ4n) is 5.50. The molecular weight excluding hydrogens is 516 g/mol. The molecule has 0 saturated carbocycles. The number of hydrogen-bond acceptors (Lipinski definition) is 6. The van der Waals surface area contributed by atoms with Gasteiger partial charge in [0.15, 0.2) is 0 Å². The molecule has 3 amide bonds. The van der Waals surface area contributed by atoms with Crippen molar-refractivity contribution in [2.75, 3.05) is 49.1 Å². The van der Waals surface area contributed by atoms with E-state index in [1.165, 1.54) is 9.80 Å². The Balaban J connectivity index is 1.29. The number of piperazine rings is 2. The second-order valence-corrected chi connectivity index (χ2v) is 10.4. The molecule has 0 aromatic heterocycles. The number of nitriles is 2. The minimum Gasteiger partial charge on any atom is -0.367 e. The van der Waals surface area contributed by atoms with Crippen LogP contribution in [0.15, 0.2) is 60.7 Å². The summed E-state index contributed by atoms with van der Waals surface area (Å²) in [5.41, 5.74) is 5.46. The molecule has 41 heavy (non-hydrogen) atoms. The van der Waals surface area contributed by atoms with E-state index in [1.54, 1.807) is 30.3 Å². The van der Waals surface area contributed by atoms with Gasteiger partial charge < -0.3 is 19.6 Å². The van der Waals surface area contributed by atoms with Gasteiger partial charge in [-0.25, -0.2) is 0 Å². The van der Waals surface area contributed by atoms with Gasteiger partial charge in [-0.1, -0.05) is 30.3 Å². The van der Waals surface area contributed by atoms with Crippen LogP contribution in [0.25, 0.3) is 0 Å². The molecule has 2 fully saturated rings. The first-order valence-corrected chi connectivity index (χ1v) is 13.5. The smallest absolute Gasteiger partial charge is 0.254 e. The summed E-state index contributed by atoms with van der Waals surface area (Å²) in [5.74, 6) is -0.555. The van der Waals surface area contributed by atoms with Crippen molar-refractivity contribution in [2.45, 2.75) is 20.4 Å². The number of amides is 3. The fourth-order valence-corrected chi connectivity index (χ4v) is 5.50. The van der Waals surface area contributed by atoms with Gasteiger partial charge in [-0.3, -0.25) is 14.4 Å². The molecule has 0 atom stereocenters. The van der Waals surface area contributed by atoms with Crippen molar-refractivity contribution < 1.29 is 14.4 Å². The normalized spacial score (nSPS) is 15.5. The molecular formula is C32H30N6O3. The standard InChI is InChI=1S/C32H30N6O3/c1-22-15-23(2)27(32(41)36-13-11-35(12-14-36)28-9-5-3-7-24(28)17-33)16-26(22)19-37-20-31(40)38(21-30(37)39)29-10-6-4-8-25(29)18-34/h3-10,15-16H,11-14,19-21H2,1-2H3. The van der Waals surface area contributed by atoms with Gasteiger partial charge in [0.25, 0.3) is 5.91 Å². The molecule has 0 unspecified atom stereocenters. The minimum absolute atomic E-state index is 0.0719. The fraction of sp³-hybridized carbons (Fsp3) is 0.281. The summed E-state index contributed by atoms with van der Waals surface area (Å²) >= 11 is 0. The van der Waals surface area contributed by atoms with E-state index in [4.69, 9.17) is 0 Å². The van der Waals surface area contributed by atoms with Crippen LogP contribution in [-0.4, -0.2) is 66.8 Å². The molecule has 0 spiro atoms. The first kappa shape index (κ1) is 27.4. The van der Waals surface area contributed by atoms with Gasteiger partial charge in [-0.2, -0.15) is 10.5 Å². The summed E-state index contributed by atoms with van der Waals surface area (Å²) in [5, 5.41) is 18.9. The zero-order chi connectivity index (χ0) is 29.1. The van der Waals surface area contributed by atoms with Crippen LogP contribution in [0.2, 0.25) is 0 Å². The maximum atomic E-state index is 13.6. The van der Waals surface area contributed by atoms with Crippen molar-refractivity contribution in [2.24, 2.45) is 0 Å². The van der Waals surface area contributed by atoms with Crippen molar-refractivity contribution in [3.63, 3.8) is 0 Å². The van der Waals surface area contributed by atoms with Gasteiger partial charge in [0.05, 0.1) is 22.5 Å². The van der Waals surface area contributed by atoms with E-state index in [0.29, 0.717) is 48.6 Å². The van der Waals surface area contributed by atoms with Crippen LogP contribution in [0.3, 0.4) is 0 Å². The Morgan fingerprint density at radius 3 is 2.05 bits per heavy atom. The molecule has 0 aliphatic carbocycles. The molecule has 3 aromatic carbocycles. The lowest BCUT2D eigenvalue weighted by Crippen LogP contribution is -2.53. The molecule has 2 aliphatic heterocycles. The van der Waals surface area contributed by atoms with Gasteiger partial charge in [-0.15, -0.1) is 0 Å². The number of hydrogen-bond donors (Lipinski definition) is 0. The van der Waals surface area contributed by atoms with E-state index < -0.39 is 0 Å². The van der Waals surface area contributed by atoms with Crippen molar-refractivity contribution >= 4 is 29.1 Å². The van der Waals surface area contributed by atoms with Crippen LogP contribution in [0.1, 0.15) is 38.2 Å². The average molecular weight is 547 g/mol. The first-order valence-electron chi connectivity index (χ1n) is 13.5. The molecule has 2 saturated heterocycles. The summed E-state index contributed by atoms with van der Waals surface area (Å²) < 4.78 is 0. The molecule has 9 nitrogen and oxygen atoms in total. The van der Waals surface area contributed by atoms with Gasteiger partial charge >= 0.3 is 0 Å². The molecule has 2 heterocycles. The lowest BCUT2D eigenvalue weighted by atomic mass is 9.98. The van der Waals surface area contributed by atoms with E-state index in [0.717, 1.165) is 22.4 Å². The summed E-state index contributed by atoms with van der Waals surface area (Å²) in [6, 6.07) is 22.4. The van der Waals surface area contributed by atoms with Crippen LogP contribution >= 0.6 is 0 Å². The zero-order valence-corrected chi connectivity index (χ0v) is 23.1. The third-order valence-electron chi connectivity index (χ3n) is 7.80. The third kappa shape index (κ3) is 5.48. The highest BCUT2D eigenvalue weighted by atomic mass is 16.2. The van der Waals surface area contributed by atoms with Gasteiger partial charge in [-0.05, 0) is 60.9 Å². The SMILES string of the molecule is Cc1cc(C)c(C(=O)N2CCN(c3ccccc3C#N)CC2)cc1CN1CC(=O)N(c2ccccc2C#N)CC1=O. The summed E-state index contributed by atoms with van der Waals surface area (Å²) in [7, 11) is 0. The molecule has 0 radical (unpaired) electrons. The lowest BCUT2D eigenvalue weighted by Gasteiger charge is -2.37. The second-order valence-electron chi connectivity index (χ2n) is 10.4. The van der Waals surface area contributed by atoms with Crippen LogP contribution in [0.5, 0.6) is 0 Å². The number of carbonyl (C=O) groups excluding carboxylic acids is 3. The second kappa shape index (κ2) is 11.5. The van der Waals surface area contributed by atoms with E-state index in [1.807, 2.05) is 49.1 Å². The van der Waals surface area contributed by atoms with Crippen LogP contribution in [-0.2, 0) is 16.1 Å². The van der Waals surface area contributed by atoms with E-state index in [-0.39, 0.29) is 37.4 Å². The van der Waals surface area contributed by atoms with Gasteiger partial charge in [0.1, 0.15) is 25.2 Å². The first-order chi connectivity index (χ1) is 19.8. The van der Waals surface area contributed by atoms with Crippen LogP contribution in [0.4, 0.5) is 11.4 Å².